The van der Waals surface area contributed by atoms with E-state index in [9.17, 15) is 14.4 Å². The third-order valence-electron chi connectivity index (χ3n) is 4.68. The molecular formula is C16H17N3O5. The third kappa shape index (κ3) is 2.39. The zero-order chi connectivity index (χ0) is 16.7. The Kier molecular flexibility index (Phi) is 3.61. The maximum Gasteiger partial charge on any atom is 0.251 e. The van der Waals surface area contributed by atoms with E-state index in [2.05, 4.69) is 0 Å². The first-order valence-corrected chi connectivity index (χ1v) is 7.87. The number of hydrogen-bond donors (Lipinski definition) is 0. The Bertz CT molecular complexity index is 699. The molecule has 24 heavy (non-hydrogen) atoms. The van der Waals surface area contributed by atoms with Crippen LogP contribution in [0.5, 0.6) is 11.5 Å². The van der Waals surface area contributed by atoms with Crippen LogP contribution >= 0.6 is 0 Å². The fourth-order valence-corrected chi connectivity index (χ4v) is 3.35. The molecule has 0 radical (unpaired) electrons. The van der Waals surface area contributed by atoms with Crippen molar-refractivity contribution in [3.8, 4) is 11.5 Å². The van der Waals surface area contributed by atoms with E-state index in [4.69, 9.17) is 9.47 Å². The smallest absolute Gasteiger partial charge is 0.251 e. The molecule has 3 amide bonds. The van der Waals surface area contributed by atoms with Crippen molar-refractivity contribution < 1.29 is 23.9 Å². The summed E-state index contributed by atoms with van der Waals surface area (Å²) >= 11 is 0. The van der Waals surface area contributed by atoms with E-state index in [1.54, 1.807) is 23.1 Å². The van der Waals surface area contributed by atoms with Gasteiger partial charge in [-0.2, -0.15) is 0 Å². The predicted octanol–water partition coefficient (Wildman–Crippen LogP) is -0.179. The van der Waals surface area contributed by atoms with Crippen LogP contribution in [-0.2, 0) is 14.4 Å². The molecule has 0 unspecified atom stereocenters. The molecule has 2 fully saturated rings. The summed E-state index contributed by atoms with van der Waals surface area (Å²) in [6, 6.07) is 4.59. The lowest BCUT2D eigenvalue weighted by atomic mass is 10.2. The molecule has 2 saturated heterocycles. The molecular weight excluding hydrogens is 314 g/mol. The molecule has 3 aliphatic heterocycles. The van der Waals surface area contributed by atoms with Crippen LogP contribution in [0.2, 0.25) is 0 Å². The Morgan fingerprint density at radius 2 is 1.79 bits per heavy atom. The Morgan fingerprint density at radius 3 is 2.54 bits per heavy atom. The zero-order valence-electron chi connectivity index (χ0n) is 13.0. The van der Waals surface area contributed by atoms with E-state index in [1.165, 1.54) is 4.90 Å². The van der Waals surface area contributed by atoms with Gasteiger partial charge >= 0.3 is 0 Å². The van der Waals surface area contributed by atoms with Crippen LogP contribution in [-0.4, -0.2) is 67.0 Å². The van der Waals surface area contributed by atoms with Gasteiger partial charge in [0.25, 0.3) is 5.91 Å². The molecule has 3 heterocycles. The topological polar surface area (TPSA) is 79.4 Å². The van der Waals surface area contributed by atoms with Crippen LogP contribution in [0.3, 0.4) is 0 Å². The third-order valence-corrected chi connectivity index (χ3v) is 4.68. The molecule has 0 bridgehead atoms. The largest absolute Gasteiger partial charge is 0.454 e. The second kappa shape index (κ2) is 5.79. The van der Waals surface area contributed by atoms with Crippen molar-refractivity contribution in [1.82, 2.24) is 9.80 Å². The Balaban J connectivity index is 1.53. The highest BCUT2D eigenvalue weighted by Crippen LogP contribution is 2.37. The molecule has 0 spiro atoms. The van der Waals surface area contributed by atoms with E-state index in [0.29, 0.717) is 43.4 Å². The van der Waals surface area contributed by atoms with Crippen molar-refractivity contribution in [1.29, 1.82) is 0 Å². The molecule has 0 saturated carbocycles. The van der Waals surface area contributed by atoms with Crippen LogP contribution in [0.1, 0.15) is 6.42 Å². The number of fused-ring (bicyclic) bond motifs is 1. The minimum atomic E-state index is -0.461. The van der Waals surface area contributed by atoms with Crippen molar-refractivity contribution in [2.45, 2.75) is 12.5 Å². The van der Waals surface area contributed by atoms with Crippen molar-refractivity contribution in [3.05, 3.63) is 18.2 Å². The summed E-state index contributed by atoms with van der Waals surface area (Å²) in [5.74, 6) is 0.704. The number of amides is 3. The van der Waals surface area contributed by atoms with Crippen molar-refractivity contribution in [3.63, 3.8) is 0 Å². The van der Waals surface area contributed by atoms with Crippen LogP contribution < -0.4 is 14.4 Å². The SMILES string of the molecule is O=CN1CCN([C@@H]2CC(=O)N(c3ccc4c(c3)OCO4)C2=O)CC1. The van der Waals surface area contributed by atoms with Crippen LogP contribution in [0, 0.1) is 0 Å². The van der Waals surface area contributed by atoms with E-state index in [1.807, 2.05) is 4.90 Å². The quantitative estimate of drug-likeness (QED) is 0.565. The monoisotopic (exact) mass is 331 g/mol. The number of carbonyl (C=O) groups excluding carboxylic acids is 3. The highest BCUT2D eigenvalue weighted by molar-refractivity contribution is 6.22. The Morgan fingerprint density at radius 1 is 1.04 bits per heavy atom. The molecule has 8 heteroatoms. The number of anilines is 1. The first-order valence-electron chi connectivity index (χ1n) is 7.87. The van der Waals surface area contributed by atoms with Gasteiger partial charge in [-0.25, -0.2) is 4.90 Å². The van der Waals surface area contributed by atoms with Gasteiger partial charge < -0.3 is 14.4 Å². The summed E-state index contributed by atoms with van der Waals surface area (Å²) in [6.45, 7) is 2.48. The molecule has 1 atom stereocenters. The standard InChI is InChI=1S/C16H17N3O5/c20-9-17-3-5-18(6-4-17)12-8-15(21)19(16(12)22)11-1-2-13-14(7-11)24-10-23-13/h1-2,7,9,12H,3-6,8,10H2/t12-/m1/s1. The van der Waals surface area contributed by atoms with Crippen LogP contribution in [0.4, 0.5) is 5.69 Å². The average molecular weight is 331 g/mol. The summed E-state index contributed by atoms with van der Waals surface area (Å²) in [5, 5.41) is 0. The molecule has 0 N–H and O–H groups in total. The Labute approximate surface area is 138 Å². The predicted molar refractivity (Wildman–Crippen MR) is 82.7 cm³/mol. The molecule has 1 aromatic carbocycles. The molecule has 1 aromatic rings. The van der Waals surface area contributed by atoms with Gasteiger partial charge in [-0.05, 0) is 12.1 Å². The Hall–Kier alpha value is -2.61. The van der Waals surface area contributed by atoms with Gasteiger partial charge in [0.2, 0.25) is 19.1 Å². The molecule has 8 nitrogen and oxygen atoms in total. The molecule has 126 valence electrons. The first kappa shape index (κ1) is 14.9. The van der Waals surface area contributed by atoms with E-state index in [0.717, 1.165) is 6.41 Å². The fourth-order valence-electron chi connectivity index (χ4n) is 3.35. The van der Waals surface area contributed by atoms with E-state index >= 15 is 0 Å². The first-order chi connectivity index (χ1) is 11.7. The summed E-state index contributed by atoms with van der Waals surface area (Å²) in [7, 11) is 0. The van der Waals surface area contributed by atoms with Gasteiger partial charge in [-0.1, -0.05) is 0 Å². The number of imide groups is 1. The highest BCUT2D eigenvalue weighted by Gasteiger charge is 2.43. The van der Waals surface area contributed by atoms with Crippen LogP contribution in [0.15, 0.2) is 18.2 Å². The normalized spacial score (nSPS) is 23.9. The molecule has 0 aliphatic carbocycles. The lowest BCUT2D eigenvalue weighted by molar-refractivity contribution is -0.124. The van der Waals surface area contributed by atoms with Gasteiger partial charge in [0, 0.05) is 32.2 Å². The lowest BCUT2D eigenvalue weighted by Crippen LogP contribution is -2.52. The second-order valence-electron chi connectivity index (χ2n) is 6.00. The van der Waals surface area contributed by atoms with Crippen molar-refractivity contribution in [2.24, 2.45) is 0 Å². The maximum absolute atomic E-state index is 12.8. The van der Waals surface area contributed by atoms with Crippen LogP contribution in [0.25, 0.3) is 0 Å². The van der Waals surface area contributed by atoms with Gasteiger partial charge in [0.05, 0.1) is 18.2 Å². The zero-order valence-corrected chi connectivity index (χ0v) is 13.0. The second-order valence-corrected chi connectivity index (χ2v) is 6.00. The number of hydrogen-bond acceptors (Lipinski definition) is 6. The van der Waals surface area contributed by atoms with E-state index in [-0.39, 0.29) is 25.0 Å². The summed E-state index contributed by atoms with van der Waals surface area (Å²) in [6.07, 6.45) is 0.978. The minimum absolute atomic E-state index is 0.143. The van der Waals surface area contributed by atoms with E-state index < -0.39 is 6.04 Å². The molecule has 0 aromatic heterocycles. The molecule has 4 rings (SSSR count). The van der Waals surface area contributed by atoms with Gasteiger partial charge in [-0.15, -0.1) is 0 Å². The van der Waals surface area contributed by atoms with Crippen molar-refractivity contribution >= 4 is 23.9 Å². The van der Waals surface area contributed by atoms with Gasteiger partial charge in [0.15, 0.2) is 11.5 Å². The minimum Gasteiger partial charge on any atom is -0.454 e. The van der Waals surface area contributed by atoms with Crippen molar-refractivity contribution in [2.75, 3.05) is 37.9 Å². The average Bonchev–Trinajstić information content (AvgIpc) is 3.18. The van der Waals surface area contributed by atoms with Gasteiger partial charge in [-0.3, -0.25) is 19.3 Å². The number of carbonyl (C=O) groups is 3. The number of nitrogens with zero attached hydrogens (tertiary/aromatic N) is 3. The maximum atomic E-state index is 12.8. The lowest BCUT2D eigenvalue weighted by Gasteiger charge is -2.35. The number of ether oxygens (including phenoxy) is 2. The molecule has 3 aliphatic rings. The number of piperazine rings is 1. The summed E-state index contributed by atoms with van der Waals surface area (Å²) in [5.41, 5.74) is 0.503. The number of rotatable bonds is 3. The highest BCUT2D eigenvalue weighted by atomic mass is 16.7. The summed E-state index contributed by atoms with van der Waals surface area (Å²) < 4.78 is 10.6. The van der Waals surface area contributed by atoms with Gasteiger partial charge in [0.1, 0.15) is 0 Å². The summed E-state index contributed by atoms with van der Waals surface area (Å²) in [4.78, 5) is 40.8. The number of benzene rings is 1. The fraction of sp³-hybridized carbons (Fsp3) is 0.438.